The molecule has 0 aliphatic rings. The molecular weight excluding hydrogens is 464 g/mol. The van der Waals surface area contributed by atoms with Gasteiger partial charge in [-0.15, -0.1) is 0 Å². The van der Waals surface area contributed by atoms with E-state index in [1.165, 1.54) is 33.3 Å². The number of nitrogens with one attached hydrogen (secondary N) is 1. The van der Waals surface area contributed by atoms with Crippen molar-refractivity contribution >= 4 is 29.2 Å². The molecule has 2 aromatic carbocycles. The Bertz CT molecular complexity index is 1170. The highest BCUT2D eigenvalue weighted by Gasteiger charge is 2.22. The van der Waals surface area contributed by atoms with Gasteiger partial charge >= 0.3 is 5.97 Å². The topological polar surface area (TPSA) is 109 Å². The Hall–Kier alpha value is -3.72. The van der Waals surface area contributed by atoms with Crippen molar-refractivity contribution in [2.45, 2.75) is 33.5 Å². The van der Waals surface area contributed by atoms with Crippen LogP contribution in [-0.2, 0) is 16.1 Å². The molecule has 1 atom stereocenters. The minimum absolute atomic E-state index is 0.196. The molecule has 0 aliphatic carbocycles. The van der Waals surface area contributed by atoms with Crippen LogP contribution in [0.2, 0.25) is 5.02 Å². The highest BCUT2D eigenvalue weighted by molar-refractivity contribution is 6.31. The predicted octanol–water partition coefficient (Wildman–Crippen LogP) is 4.73. The average molecular weight is 489 g/mol. The maximum atomic E-state index is 12.6. The van der Waals surface area contributed by atoms with Crippen LogP contribution in [0.3, 0.4) is 0 Å². The molecule has 0 spiro atoms. The first kappa shape index (κ1) is 24.9. The number of methoxy groups -OCH3 is 2. The number of hydrogen-bond donors (Lipinski definition) is 1. The number of esters is 1. The first-order valence-electron chi connectivity index (χ1n) is 10.3. The van der Waals surface area contributed by atoms with E-state index >= 15 is 0 Å². The van der Waals surface area contributed by atoms with Gasteiger partial charge in [-0.2, -0.15) is 0 Å². The van der Waals surface area contributed by atoms with Crippen LogP contribution in [0.1, 0.15) is 34.3 Å². The van der Waals surface area contributed by atoms with Gasteiger partial charge in [-0.05, 0) is 57.2 Å². The number of carbonyl (C=O) groups is 2. The van der Waals surface area contributed by atoms with Crippen molar-refractivity contribution in [2.24, 2.45) is 0 Å². The molecule has 0 fully saturated rings. The molecule has 0 saturated carbocycles. The second-order valence-electron chi connectivity index (χ2n) is 7.34. The van der Waals surface area contributed by atoms with Gasteiger partial charge < -0.3 is 28.8 Å². The van der Waals surface area contributed by atoms with Gasteiger partial charge in [0.15, 0.2) is 17.6 Å². The highest BCUT2D eigenvalue weighted by Crippen LogP contribution is 2.30. The van der Waals surface area contributed by atoms with E-state index in [1.54, 1.807) is 31.2 Å². The predicted molar refractivity (Wildman–Crippen MR) is 125 cm³/mol. The molecule has 3 rings (SSSR count). The van der Waals surface area contributed by atoms with Gasteiger partial charge in [0.2, 0.25) is 0 Å². The van der Waals surface area contributed by atoms with E-state index in [9.17, 15) is 9.59 Å². The van der Waals surface area contributed by atoms with E-state index in [2.05, 4.69) is 10.5 Å². The van der Waals surface area contributed by atoms with E-state index in [0.717, 1.165) is 11.3 Å². The molecule has 0 radical (unpaired) electrons. The van der Waals surface area contributed by atoms with Gasteiger partial charge in [0.1, 0.15) is 18.1 Å². The SMILES string of the molecule is COc1ccc(Cl)cc1NC(=O)C(C)OC(=O)c1ccc(OCc2c(C)noc2C)c(OC)c1. The minimum Gasteiger partial charge on any atom is -0.495 e. The average Bonchev–Trinajstić information content (AvgIpc) is 3.14. The largest absolute Gasteiger partial charge is 0.495 e. The van der Waals surface area contributed by atoms with Crippen LogP contribution in [0.5, 0.6) is 17.2 Å². The quantitative estimate of drug-likeness (QED) is 0.431. The summed E-state index contributed by atoms with van der Waals surface area (Å²) < 4.78 is 26.8. The number of amides is 1. The zero-order valence-electron chi connectivity index (χ0n) is 19.4. The molecule has 1 amide bonds. The molecule has 1 aromatic heterocycles. The van der Waals surface area contributed by atoms with Crippen molar-refractivity contribution in [3.8, 4) is 17.2 Å². The molecule has 1 heterocycles. The van der Waals surface area contributed by atoms with Gasteiger partial charge in [-0.25, -0.2) is 4.79 Å². The van der Waals surface area contributed by atoms with Crippen LogP contribution in [0.15, 0.2) is 40.9 Å². The highest BCUT2D eigenvalue weighted by atomic mass is 35.5. The maximum absolute atomic E-state index is 12.6. The van der Waals surface area contributed by atoms with Gasteiger partial charge in [0.25, 0.3) is 5.91 Å². The number of benzene rings is 2. The summed E-state index contributed by atoms with van der Waals surface area (Å²) in [4.78, 5) is 25.2. The Morgan fingerprint density at radius 1 is 1.06 bits per heavy atom. The third-order valence-electron chi connectivity index (χ3n) is 5.02. The summed E-state index contributed by atoms with van der Waals surface area (Å²) in [7, 11) is 2.93. The fourth-order valence-electron chi connectivity index (χ4n) is 3.07. The summed E-state index contributed by atoms with van der Waals surface area (Å²) in [6.07, 6.45) is -1.09. The Morgan fingerprint density at radius 2 is 1.76 bits per heavy atom. The Labute approximate surface area is 201 Å². The van der Waals surface area contributed by atoms with Crippen LogP contribution in [0.25, 0.3) is 0 Å². The van der Waals surface area contributed by atoms with Crippen LogP contribution in [-0.4, -0.2) is 37.4 Å². The number of halogens is 1. The van der Waals surface area contributed by atoms with E-state index in [1.807, 2.05) is 6.92 Å². The van der Waals surface area contributed by atoms with E-state index in [4.69, 9.17) is 35.1 Å². The normalized spacial score (nSPS) is 11.5. The van der Waals surface area contributed by atoms with Crippen molar-refractivity contribution in [1.29, 1.82) is 0 Å². The lowest BCUT2D eigenvalue weighted by Crippen LogP contribution is -2.30. The zero-order valence-corrected chi connectivity index (χ0v) is 20.2. The fourth-order valence-corrected chi connectivity index (χ4v) is 3.24. The lowest BCUT2D eigenvalue weighted by atomic mass is 10.2. The molecule has 0 aliphatic heterocycles. The van der Waals surface area contributed by atoms with Crippen LogP contribution in [0.4, 0.5) is 5.69 Å². The lowest BCUT2D eigenvalue weighted by Gasteiger charge is -2.16. The molecule has 0 saturated heterocycles. The fraction of sp³-hybridized carbons (Fsp3) is 0.292. The monoisotopic (exact) mass is 488 g/mol. The van der Waals surface area contributed by atoms with E-state index in [-0.39, 0.29) is 12.2 Å². The van der Waals surface area contributed by atoms with Crippen LogP contribution in [0, 0.1) is 13.8 Å². The number of anilines is 1. The second-order valence-corrected chi connectivity index (χ2v) is 7.77. The second kappa shape index (κ2) is 10.9. The third kappa shape index (κ3) is 5.79. The van der Waals surface area contributed by atoms with Crippen molar-refractivity contribution < 1.29 is 33.1 Å². The molecule has 9 nitrogen and oxygen atoms in total. The van der Waals surface area contributed by atoms with E-state index in [0.29, 0.717) is 33.7 Å². The number of rotatable bonds is 9. The number of aryl methyl sites for hydroxylation is 2. The van der Waals surface area contributed by atoms with Gasteiger partial charge in [0.05, 0.1) is 36.7 Å². The Kier molecular flexibility index (Phi) is 8.01. The molecule has 10 heteroatoms. The number of carbonyl (C=O) groups excluding carboxylic acids is 2. The third-order valence-corrected chi connectivity index (χ3v) is 5.26. The lowest BCUT2D eigenvalue weighted by molar-refractivity contribution is -0.123. The standard InChI is InChI=1S/C24H25ClN2O7/c1-13-18(14(2)34-27-13)12-32-21-8-6-16(10-22(21)31-5)24(29)33-15(3)23(28)26-19-11-17(25)7-9-20(19)30-4/h6-11,15H,12H2,1-5H3,(H,26,28). The number of nitrogens with zero attached hydrogens (tertiary/aromatic N) is 1. The summed E-state index contributed by atoms with van der Waals surface area (Å²) in [5.74, 6) is 0.615. The number of aromatic nitrogens is 1. The summed E-state index contributed by atoms with van der Waals surface area (Å²) in [6.45, 7) is 5.31. The minimum atomic E-state index is -1.09. The molecule has 1 N–H and O–H groups in total. The first-order chi connectivity index (χ1) is 16.2. The molecular formula is C24H25ClN2O7. The van der Waals surface area contributed by atoms with Gasteiger partial charge in [-0.3, -0.25) is 4.79 Å². The Balaban J connectivity index is 1.66. The Morgan fingerprint density at radius 3 is 2.41 bits per heavy atom. The summed E-state index contributed by atoms with van der Waals surface area (Å²) in [5.41, 5.74) is 2.13. The van der Waals surface area contributed by atoms with Crippen LogP contribution >= 0.6 is 11.6 Å². The number of ether oxygens (including phenoxy) is 4. The van der Waals surface area contributed by atoms with Crippen molar-refractivity contribution in [2.75, 3.05) is 19.5 Å². The van der Waals surface area contributed by atoms with Crippen LogP contribution < -0.4 is 19.5 Å². The number of hydrogen-bond acceptors (Lipinski definition) is 8. The molecule has 34 heavy (non-hydrogen) atoms. The summed E-state index contributed by atoms with van der Waals surface area (Å²) in [6, 6.07) is 9.40. The summed E-state index contributed by atoms with van der Waals surface area (Å²) in [5, 5.41) is 6.96. The zero-order chi connectivity index (χ0) is 24.8. The molecule has 3 aromatic rings. The van der Waals surface area contributed by atoms with Crippen molar-refractivity contribution in [1.82, 2.24) is 5.16 Å². The van der Waals surface area contributed by atoms with Gasteiger partial charge in [0, 0.05) is 5.02 Å². The van der Waals surface area contributed by atoms with E-state index < -0.39 is 18.0 Å². The smallest absolute Gasteiger partial charge is 0.339 e. The van der Waals surface area contributed by atoms with Crippen molar-refractivity contribution in [3.63, 3.8) is 0 Å². The maximum Gasteiger partial charge on any atom is 0.339 e. The summed E-state index contributed by atoms with van der Waals surface area (Å²) >= 11 is 5.99. The molecule has 0 bridgehead atoms. The van der Waals surface area contributed by atoms with Crippen molar-refractivity contribution in [3.05, 3.63) is 64.0 Å². The first-order valence-corrected chi connectivity index (χ1v) is 10.7. The molecule has 1 unspecified atom stereocenters. The van der Waals surface area contributed by atoms with Gasteiger partial charge in [-0.1, -0.05) is 16.8 Å². The molecule has 180 valence electrons.